The fraction of sp³-hybridized carbons (Fsp3) is 0. The lowest BCUT2D eigenvalue weighted by atomic mass is 10.3. The van der Waals surface area contributed by atoms with E-state index in [0.29, 0.717) is 16.7 Å². The van der Waals surface area contributed by atoms with E-state index in [1.807, 2.05) is 6.07 Å². The molecular formula is C16H10Cl3N5O2. The molecule has 3 aromatic rings. The Labute approximate surface area is 162 Å². The number of nitro groups is 1. The maximum absolute atomic E-state index is 11.7. The fourth-order valence-corrected chi connectivity index (χ4v) is 2.60. The van der Waals surface area contributed by atoms with Gasteiger partial charge in [-0.05, 0) is 24.3 Å². The van der Waals surface area contributed by atoms with E-state index in [1.165, 1.54) is 4.68 Å². The number of nitrogens with zero attached hydrogens (tertiary/aromatic N) is 4. The number of fused-ring (bicyclic) bond motifs is 1. The summed E-state index contributed by atoms with van der Waals surface area (Å²) in [6.45, 7) is 0. The van der Waals surface area contributed by atoms with Gasteiger partial charge in [0.05, 0.1) is 10.4 Å². The highest BCUT2D eigenvalue weighted by atomic mass is 35.5. The van der Waals surface area contributed by atoms with E-state index in [0.717, 1.165) is 0 Å². The molecule has 0 radical (unpaired) electrons. The molecule has 1 heterocycles. The molecule has 132 valence electrons. The Morgan fingerprint density at radius 1 is 1.04 bits per heavy atom. The van der Waals surface area contributed by atoms with E-state index < -0.39 is 20.1 Å². The van der Waals surface area contributed by atoms with Crippen LogP contribution in [-0.2, 0) is 0 Å². The van der Waals surface area contributed by atoms with Crippen LogP contribution in [0.3, 0.4) is 0 Å². The number of hydrogen-bond donors (Lipinski definition) is 1. The number of rotatable bonds is 5. The maximum Gasteiger partial charge on any atom is 0.332 e. The van der Waals surface area contributed by atoms with E-state index in [4.69, 9.17) is 34.8 Å². The second kappa shape index (κ2) is 7.74. The lowest BCUT2D eigenvalue weighted by Crippen LogP contribution is -2.16. The number of allylic oxidation sites excluding steroid dienone is 1. The molecule has 0 unspecified atom stereocenters. The van der Waals surface area contributed by atoms with Crippen LogP contribution in [0.2, 0.25) is 0 Å². The van der Waals surface area contributed by atoms with Gasteiger partial charge >= 0.3 is 5.70 Å². The first-order valence-electron chi connectivity index (χ1n) is 7.21. The van der Waals surface area contributed by atoms with Crippen molar-refractivity contribution in [2.24, 2.45) is 0 Å². The van der Waals surface area contributed by atoms with Gasteiger partial charge in [-0.1, -0.05) is 70.3 Å². The van der Waals surface area contributed by atoms with Gasteiger partial charge in [-0.2, -0.15) is 4.68 Å². The average Bonchev–Trinajstić information content (AvgIpc) is 3.05. The van der Waals surface area contributed by atoms with Gasteiger partial charge in [0.1, 0.15) is 10.0 Å². The number of hydrogen-bond acceptors (Lipinski definition) is 5. The van der Waals surface area contributed by atoms with Gasteiger partial charge < -0.3 is 5.32 Å². The summed E-state index contributed by atoms with van der Waals surface area (Å²) in [6.07, 6.45) is 0. The molecule has 0 aliphatic heterocycles. The number of halogens is 3. The van der Waals surface area contributed by atoms with Crippen molar-refractivity contribution < 1.29 is 4.92 Å². The third kappa shape index (κ3) is 3.65. The zero-order valence-electron chi connectivity index (χ0n) is 12.9. The number of benzene rings is 2. The largest absolute Gasteiger partial charge is 0.334 e. The first kappa shape index (κ1) is 18.2. The maximum atomic E-state index is 11.7. The Morgan fingerprint density at radius 2 is 1.69 bits per heavy atom. The van der Waals surface area contributed by atoms with Crippen LogP contribution in [0.5, 0.6) is 0 Å². The van der Waals surface area contributed by atoms with Crippen molar-refractivity contribution in [3.8, 4) is 0 Å². The molecule has 0 saturated carbocycles. The number of nitrogens with one attached hydrogen (secondary N) is 1. The highest BCUT2D eigenvalue weighted by molar-refractivity contribution is 6.59. The highest BCUT2D eigenvalue weighted by Gasteiger charge is 2.28. The van der Waals surface area contributed by atoms with Crippen LogP contribution in [0.4, 0.5) is 5.69 Å². The van der Waals surface area contributed by atoms with Crippen LogP contribution >= 0.6 is 34.8 Å². The lowest BCUT2D eigenvalue weighted by Gasteiger charge is -2.12. The van der Waals surface area contributed by atoms with Crippen molar-refractivity contribution >= 4 is 57.3 Å². The standard InChI is InChI=1S/C16H10Cl3N5O2/c17-13(15(18)19)14(24(25)26)16(20-10-6-2-1-3-7-10)23-12-9-5-4-8-11(12)21-22-23/h1-9,20H/b16-14-. The molecule has 0 bridgehead atoms. The van der Waals surface area contributed by atoms with Crippen molar-refractivity contribution in [3.63, 3.8) is 0 Å². The zero-order valence-corrected chi connectivity index (χ0v) is 15.2. The van der Waals surface area contributed by atoms with E-state index in [2.05, 4.69) is 15.6 Å². The predicted octanol–water partition coefficient (Wildman–Crippen LogP) is 4.83. The smallest absolute Gasteiger partial charge is 0.332 e. The Bertz CT molecular complexity index is 1030. The summed E-state index contributed by atoms with van der Waals surface area (Å²) in [5.74, 6) is -0.0429. The molecule has 10 heteroatoms. The van der Waals surface area contributed by atoms with Gasteiger partial charge in [0.2, 0.25) is 5.82 Å². The summed E-state index contributed by atoms with van der Waals surface area (Å²) in [5.41, 5.74) is 1.14. The zero-order chi connectivity index (χ0) is 18.7. The Hall–Kier alpha value is -2.61. The monoisotopic (exact) mass is 409 g/mol. The minimum absolute atomic E-state index is 0.0429. The van der Waals surface area contributed by atoms with Gasteiger partial charge in [-0.15, -0.1) is 5.10 Å². The van der Waals surface area contributed by atoms with E-state index in [9.17, 15) is 10.1 Å². The molecule has 3 rings (SSSR count). The number of para-hydroxylation sites is 2. The van der Waals surface area contributed by atoms with Crippen LogP contribution in [0.15, 0.2) is 69.8 Å². The third-order valence-electron chi connectivity index (χ3n) is 3.38. The molecular weight excluding hydrogens is 401 g/mol. The summed E-state index contributed by atoms with van der Waals surface area (Å²) in [4.78, 5) is 11.0. The van der Waals surface area contributed by atoms with Crippen LogP contribution in [0.1, 0.15) is 0 Å². The Kier molecular flexibility index (Phi) is 5.41. The Morgan fingerprint density at radius 3 is 2.35 bits per heavy atom. The second-order valence-electron chi connectivity index (χ2n) is 5.01. The molecule has 0 saturated heterocycles. The van der Waals surface area contributed by atoms with Gasteiger partial charge in [0.15, 0.2) is 5.03 Å². The molecule has 1 N–H and O–H groups in total. The summed E-state index contributed by atoms with van der Waals surface area (Å²) >= 11 is 17.4. The van der Waals surface area contributed by atoms with Crippen molar-refractivity contribution in [1.82, 2.24) is 15.0 Å². The quantitative estimate of drug-likeness (QED) is 0.370. The summed E-state index contributed by atoms with van der Waals surface area (Å²) in [5, 5.41) is 22.3. The minimum Gasteiger partial charge on any atom is -0.334 e. The van der Waals surface area contributed by atoms with Crippen molar-refractivity contribution in [2.45, 2.75) is 0 Å². The normalized spacial score (nSPS) is 11.8. The molecule has 7 nitrogen and oxygen atoms in total. The third-order valence-corrected chi connectivity index (χ3v) is 4.32. The van der Waals surface area contributed by atoms with Crippen LogP contribution in [0.25, 0.3) is 16.9 Å². The number of aromatic nitrogens is 3. The summed E-state index contributed by atoms with van der Waals surface area (Å²) < 4.78 is 0.842. The van der Waals surface area contributed by atoms with Gasteiger partial charge in [0.25, 0.3) is 0 Å². The van der Waals surface area contributed by atoms with Crippen molar-refractivity contribution in [2.75, 3.05) is 5.32 Å². The topological polar surface area (TPSA) is 85.9 Å². The SMILES string of the molecule is O=[N+]([O-])/C(C(Cl)=C(Cl)Cl)=C(/Nc1ccccc1)n1nnc2ccccc21. The molecule has 0 aliphatic rings. The molecule has 0 aliphatic carbocycles. The average molecular weight is 411 g/mol. The minimum atomic E-state index is -0.686. The van der Waals surface area contributed by atoms with E-state index in [-0.39, 0.29) is 5.82 Å². The highest BCUT2D eigenvalue weighted by Crippen LogP contribution is 2.31. The van der Waals surface area contributed by atoms with Crippen LogP contribution < -0.4 is 5.32 Å². The van der Waals surface area contributed by atoms with Crippen LogP contribution in [0, 0.1) is 10.1 Å². The van der Waals surface area contributed by atoms with Crippen molar-refractivity contribution in [3.05, 3.63) is 79.9 Å². The number of anilines is 1. The molecule has 26 heavy (non-hydrogen) atoms. The van der Waals surface area contributed by atoms with Gasteiger partial charge in [-0.25, -0.2) is 0 Å². The van der Waals surface area contributed by atoms with E-state index >= 15 is 0 Å². The molecule has 0 atom stereocenters. The van der Waals surface area contributed by atoms with Crippen molar-refractivity contribution in [1.29, 1.82) is 0 Å². The summed E-state index contributed by atoms with van der Waals surface area (Å²) in [7, 11) is 0. The molecule has 1 aromatic heterocycles. The lowest BCUT2D eigenvalue weighted by molar-refractivity contribution is -0.419. The fourth-order valence-electron chi connectivity index (χ4n) is 2.26. The molecule has 2 aromatic carbocycles. The van der Waals surface area contributed by atoms with Crippen LogP contribution in [-0.4, -0.2) is 19.9 Å². The molecule has 0 amide bonds. The first-order chi connectivity index (χ1) is 12.5. The van der Waals surface area contributed by atoms with Gasteiger partial charge in [-0.3, -0.25) is 10.1 Å². The summed E-state index contributed by atoms with van der Waals surface area (Å²) in [6, 6.07) is 15.8. The molecule has 0 spiro atoms. The molecule has 0 fully saturated rings. The van der Waals surface area contributed by atoms with Gasteiger partial charge in [0, 0.05) is 5.69 Å². The first-order valence-corrected chi connectivity index (χ1v) is 8.35. The predicted molar refractivity (Wildman–Crippen MR) is 102 cm³/mol. The second-order valence-corrected chi connectivity index (χ2v) is 6.34. The Balaban J connectivity index is 2.30. The van der Waals surface area contributed by atoms with E-state index in [1.54, 1.807) is 48.5 Å².